The molecule has 0 fully saturated rings. The fourth-order valence-corrected chi connectivity index (χ4v) is 4.60. The van der Waals surface area contributed by atoms with E-state index in [2.05, 4.69) is 15.4 Å². The van der Waals surface area contributed by atoms with Crippen molar-refractivity contribution in [3.8, 4) is 5.82 Å². The van der Waals surface area contributed by atoms with Gasteiger partial charge in [0.1, 0.15) is 11.6 Å². The Labute approximate surface area is 158 Å². The molecule has 3 heterocycles. The minimum Gasteiger partial charge on any atom is -0.310 e. The number of pyridine rings is 1. The van der Waals surface area contributed by atoms with Gasteiger partial charge in [-0.2, -0.15) is 9.78 Å². The minimum absolute atomic E-state index is 0.178. The van der Waals surface area contributed by atoms with Crippen molar-refractivity contribution >= 4 is 35.1 Å². The van der Waals surface area contributed by atoms with Crippen LogP contribution in [0.15, 0.2) is 42.6 Å². The Hall–Kier alpha value is -2.38. The lowest BCUT2D eigenvalue weighted by molar-refractivity contribution is -0.113. The third-order valence-electron chi connectivity index (χ3n) is 4.14. The number of nitrogens with one attached hydrogen (secondary N) is 1. The number of aromatic nitrogens is 3. The number of hydrogen-bond acceptors (Lipinski definition) is 4. The number of carbonyl (C=O) groups excluding carboxylic acids is 1. The van der Waals surface area contributed by atoms with Crippen molar-refractivity contribution in [2.45, 2.75) is 12.2 Å². The van der Waals surface area contributed by atoms with Gasteiger partial charge in [-0.3, -0.25) is 4.79 Å². The zero-order valence-corrected chi connectivity index (χ0v) is 15.3. The SMILES string of the molecule is Cc1nn(-c2ccccn2)c2c1C(c1c(F)cccc1Cl)SCC(=O)N2. The van der Waals surface area contributed by atoms with Crippen LogP contribution in [0.3, 0.4) is 0 Å². The highest BCUT2D eigenvalue weighted by Gasteiger charge is 2.33. The molecule has 0 saturated heterocycles. The van der Waals surface area contributed by atoms with Gasteiger partial charge in [-0.1, -0.05) is 23.7 Å². The number of thioether (sulfide) groups is 1. The van der Waals surface area contributed by atoms with E-state index in [9.17, 15) is 9.18 Å². The van der Waals surface area contributed by atoms with E-state index in [4.69, 9.17) is 11.6 Å². The van der Waals surface area contributed by atoms with Crippen LogP contribution in [0.1, 0.15) is 22.1 Å². The molecule has 1 N–H and O–H groups in total. The molecule has 0 spiro atoms. The van der Waals surface area contributed by atoms with Crippen molar-refractivity contribution < 1.29 is 9.18 Å². The molecule has 1 amide bonds. The third-order valence-corrected chi connectivity index (χ3v) is 5.70. The van der Waals surface area contributed by atoms with Crippen molar-refractivity contribution in [1.82, 2.24) is 14.8 Å². The molecule has 1 aliphatic heterocycles. The molecule has 1 atom stereocenters. The molecule has 4 rings (SSSR count). The number of fused-ring (bicyclic) bond motifs is 1. The topological polar surface area (TPSA) is 59.8 Å². The summed E-state index contributed by atoms with van der Waals surface area (Å²) in [5, 5.41) is 7.30. The van der Waals surface area contributed by atoms with Gasteiger partial charge in [-0.15, -0.1) is 11.8 Å². The van der Waals surface area contributed by atoms with Crippen LogP contribution < -0.4 is 5.32 Å². The monoisotopic (exact) mass is 388 g/mol. The summed E-state index contributed by atoms with van der Waals surface area (Å²) in [7, 11) is 0. The molecule has 0 saturated carbocycles. The van der Waals surface area contributed by atoms with E-state index in [0.29, 0.717) is 27.9 Å². The second-order valence-corrected chi connectivity index (χ2v) is 7.32. The highest BCUT2D eigenvalue weighted by molar-refractivity contribution is 8.00. The summed E-state index contributed by atoms with van der Waals surface area (Å²) in [5.74, 6) is 0.678. The maximum Gasteiger partial charge on any atom is 0.235 e. The van der Waals surface area contributed by atoms with Crippen molar-refractivity contribution in [3.63, 3.8) is 0 Å². The van der Waals surface area contributed by atoms with Gasteiger partial charge in [-0.25, -0.2) is 9.37 Å². The zero-order chi connectivity index (χ0) is 18.3. The van der Waals surface area contributed by atoms with Crippen molar-refractivity contribution in [2.24, 2.45) is 0 Å². The summed E-state index contributed by atoms with van der Waals surface area (Å²) in [6.45, 7) is 1.83. The standard InChI is InChI=1S/C18H14ClFN4OS/c1-10-15-17(16-11(19)5-4-6-12(16)20)26-9-14(25)22-18(15)24(23-10)13-7-2-3-8-21-13/h2-8,17H,9H2,1H3,(H,22,25). The third kappa shape index (κ3) is 2.87. The van der Waals surface area contributed by atoms with E-state index in [1.54, 1.807) is 35.1 Å². The van der Waals surface area contributed by atoms with Gasteiger partial charge in [0.15, 0.2) is 5.82 Å². The fraction of sp³-hybridized carbons (Fsp3) is 0.167. The summed E-state index contributed by atoms with van der Waals surface area (Å²) in [4.78, 5) is 16.6. The number of carbonyl (C=O) groups is 1. The second-order valence-electron chi connectivity index (χ2n) is 5.82. The van der Waals surface area contributed by atoms with Gasteiger partial charge in [0.2, 0.25) is 5.91 Å². The fourth-order valence-electron chi connectivity index (χ4n) is 3.02. The first kappa shape index (κ1) is 17.1. The molecule has 8 heteroatoms. The Bertz CT molecular complexity index is 972. The molecule has 1 unspecified atom stereocenters. The average molecular weight is 389 g/mol. The maximum absolute atomic E-state index is 14.6. The van der Waals surface area contributed by atoms with E-state index in [-0.39, 0.29) is 11.7 Å². The summed E-state index contributed by atoms with van der Waals surface area (Å²) >= 11 is 7.63. The van der Waals surface area contributed by atoms with E-state index in [1.165, 1.54) is 17.8 Å². The van der Waals surface area contributed by atoms with Crippen LogP contribution in [0.5, 0.6) is 0 Å². The van der Waals surface area contributed by atoms with Crippen molar-refractivity contribution in [1.29, 1.82) is 0 Å². The molecule has 132 valence electrons. The van der Waals surface area contributed by atoms with Gasteiger partial charge in [0.25, 0.3) is 0 Å². The first-order chi connectivity index (χ1) is 12.6. The van der Waals surface area contributed by atoms with Crippen LogP contribution >= 0.6 is 23.4 Å². The molecule has 2 aromatic heterocycles. The molecular formula is C18H14ClFN4OS. The smallest absolute Gasteiger partial charge is 0.235 e. The Morgan fingerprint density at radius 3 is 2.85 bits per heavy atom. The van der Waals surface area contributed by atoms with Crippen LogP contribution in [-0.2, 0) is 4.79 Å². The quantitative estimate of drug-likeness (QED) is 0.716. The predicted octanol–water partition coefficient (Wildman–Crippen LogP) is 4.14. The number of aryl methyl sites for hydroxylation is 1. The summed E-state index contributed by atoms with van der Waals surface area (Å²) in [5.41, 5.74) is 1.78. The molecule has 26 heavy (non-hydrogen) atoms. The normalized spacial score (nSPS) is 16.7. The van der Waals surface area contributed by atoms with E-state index >= 15 is 0 Å². The van der Waals surface area contributed by atoms with Gasteiger partial charge in [0, 0.05) is 22.3 Å². The number of anilines is 1. The van der Waals surface area contributed by atoms with Gasteiger partial charge in [0.05, 0.1) is 16.7 Å². The number of nitrogens with zero attached hydrogens (tertiary/aromatic N) is 3. The van der Waals surface area contributed by atoms with Crippen LogP contribution in [0.2, 0.25) is 5.02 Å². The number of hydrogen-bond donors (Lipinski definition) is 1. The number of amides is 1. The molecule has 0 bridgehead atoms. The van der Waals surface area contributed by atoms with Crippen LogP contribution in [0.25, 0.3) is 5.82 Å². The molecule has 5 nitrogen and oxygen atoms in total. The van der Waals surface area contributed by atoms with Gasteiger partial charge < -0.3 is 5.32 Å². The number of halogens is 2. The number of rotatable bonds is 2. The molecule has 1 aromatic carbocycles. The van der Waals surface area contributed by atoms with Crippen LogP contribution in [0.4, 0.5) is 10.2 Å². The van der Waals surface area contributed by atoms with Crippen LogP contribution in [-0.4, -0.2) is 26.4 Å². The summed E-state index contributed by atoms with van der Waals surface area (Å²) < 4.78 is 16.2. The Morgan fingerprint density at radius 1 is 1.27 bits per heavy atom. The van der Waals surface area contributed by atoms with Crippen molar-refractivity contribution in [2.75, 3.05) is 11.1 Å². The Balaban J connectivity index is 1.95. The molecule has 3 aromatic rings. The van der Waals surface area contributed by atoms with Crippen LogP contribution in [0, 0.1) is 12.7 Å². The minimum atomic E-state index is -0.449. The predicted molar refractivity (Wildman–Crippen MR) is 100 cm³/mol. The van der Waals surface area contributed by atoms with E-state index in [0.717, 1.165) is 5.56 Å². The highest BCUT2D eigenvalue weighted by Crippen LogP contribution is 2.46. The largest absolute Gasteiger partial charge is 0.310 e. The van der Waals surface area contributed by atoms with Gasteiger partial charge in [-0.05, 0) is 31.2 Å². The first-order valence-corrected chi connectivity index (χ1v) is 9.35. The first-order valence-electron chi connectivity index (χ1n) is 7.92. The Morgan fingerprint density at radius 2 is 2.12 bits per heavy atom. The number of benzene rings is 1. The summed E-state index contributed by atoms with van der Waals surface area (Å²) in [6, 6.07) is 10.0. The lowest BCUT2D eigenvalue weighted by Gasteiger charge is -2.17. The lowest BCUT2D eigenvalue weighted by Crippen LogP contribution is -2.16. The zero-order valence-electron chi connectivity index (χ0n) is 13.7. The van der Waals surface area contributed by atoms with E-state index < -0.39 is 11.1 Å². The Kier molecular flexibility index (Phi) is 4.42. The highest BCUT2D eigenvalue weighted by atomic mass is 35.5. The van der Waals surface area contributed by atoms with Crippen molar-refractivity contribution in [3.05, 3.63) is 70.3 Å². The second kappa shape index (κ2) is 6.74. The molecule has 0 radical (unpaired) electrons. The molecular weight excluding hydrogens is 375 g/mol. The maximum atomic E-state index is 14.6. The average Bonchev–Trinajstić information content (AvgIpc) is 2.83. The molecule has 0 aliphatic carbocycles. The van der Waals surface area contributed by atoms with E-state index in [1.807, 2.05) is 13.0 Å². The summed E-state index contributed by atoms with van der Waals surface area (Å²) in [6.07, 6.45) is 1.65. The lowest BCUT2D eigenvalue weighted by atomic mass is 10.0. The van der Waals surface area contributed by atoms with Gasteiger partial charge >= 0.3 is 0 Å². The molecule has 1 aliphatic rings.